The Kier molecular flexibility index (Phi) is 3.23. The van der Waals surface area contributed by atoms with E-state index in [9.17, 15) is 4.79 Å². The maximum absolute atomic E-state index is 10.1. The number of aldehydes is 1. The number of carbonyl (C=O) groups is 1. The minimum atomic E-state index is -0.495. The van der Waals surface area contributed by atoms with E-state index in [-0.39, 0.29) is 0 Å². The first kappa shape index (κ1) is 8.68. The standard InChI is InChI=1S/C10H11NO/c11-10(8-12)7-6-9-4-2-1-3-5-9/h1-8,10H,11H2/b7-6+. The lowest BCUT2D eigenvalue weighted by Gasteiger charge is -1.93. The van der Waals surface area contributed by atoms with Gasteiger partial charge in [-0.3, -0.25) is 0 Å². The van der Waals surface area contributed by atoms with Gasteiger partial charge in [0, 0.05) is 0 Å². The zero-order chi connectivity index (χ0) is 8.81. The van der Waals surface area contributed by atoms with Crippen molar-refractivity contribution in [1.29, 1.82) is 0 Å². The fraction of sp³-hybridized carbons (Fsp3) is 0.100. The zero-order valence-corrected chi connectivity index (χ0v) is 6.68. The van der Waals surface area contributed by atoms with E-state index in [4.69, 9.17) is 5.73 Å². The summed E-state index contributed by atoms with van der Waals surface area (Å²) in [5.74, 6) is 0. The predicted molar refractivity (Wildman–Crippen MR) is 49.5 cm³/mol. The molecule has 0 fully saturated rings. The molecule has 1 aromatic rings. The average molecular weight is 161 g/mol. The Morgan fingerprint density at radius 2 is 1.92 bits per heavy atom. The summed E-state index contributed by atoms with van der Waals surface area (Å²) >= 11 is 0. The third kappa shape index (κ3) is 2.68. The quantitative estimate of drug-likeness (QED) is 0.677. The molecule has 0 aromatic heterocycles. The molecule has 1 unspecified atom stereocenters. The largest absolute Gasteiger partial charge is 0.319 e. The van der Waals surface area contributed by atoms with Crippen LogP contribution in [-0.2, 0) is 4.79 Å². The normalized spacial score (nSPS) is 13.1. The molecule has 0 amide bonds. The minimum absolute atomic E-state index is 0.495. The van der Waals surface area contributed by atoms with Gasteiger partial charge in [0.15, 0.2) is 0 Å². The van der Waals surface area contributed by atoms with Crippen LogP contribution in [0.4, 0.5) is 0 Å². The van der Waals surface area contributed by atoms with Crippen LogP contribution in [0.3, 0.4) is 0 Å². The van der Waals surface area contributed by atoms with E-state index in [0.717, 1.165) is 5.56 Å². The van der Waals surface area contributed by atoms with Gasteiger partial charge in [-0.1, -0.05) is 42.5 Å². The van der Waals surface area contributed by atoms with Gasteiger partial charge in [-0.05, 0) is 5.56 Å². The van der Waals surface area contributed by atoms with Crippen molar-refractivity contribution in [2.45, 2.75) is 6.04 Å². The van der Waals surface area contributed by atoms with Crippen LogP contribution in [0.15, 0.2) is 36.4 Å². The van der Waals surface area contributed by atoms with E-state index in [1.165, 1.54) is 0 Å². The molecule has 1 atom stereocenters. The summed E-state index contributed by atoms with van der Waals surface area (Å²) in [6.07, 6.45) is 4.21. The first-order chi connectivity index (χ1) is 5.83. The fourth-order valence-corrected chi connectivity index (χ4v) is 0.832. The molecule has 2 N–H and O–H groups in total. The number of nitrogens with two attached hydrogens (primary N) is 1. The van der Waals surface area contributed by atoms with E-state index in [0.29, 0.717) is 6.29 Å². The van der Waals surface area contributed by atoms with Crippen molar-refractivity contribution in [2.24, 2.45) is 5.73 Å². The van der Waals surface area contributed by atoms with Crippen LogP contribution in [0.25, 0.3) is 6.08 Å². The number of carbonyl (C=O) groups excluding carboxylic acids is 1. The topological polar surface area (TPSA) is 43.1 Å². The molecule has 0 saturated carbocycles. The second-order valence-corrected chi connectivity index (χ2v) is 2.48. The molecule has 0 spiro atoms. The van der Waals surface area contributed by atoms with Gasteiger partial charge in [0.2, 0.25) is 0 Å². The Balaban J connectivity index is 2.63. The summed E-state index contributed by atoms with van der Waals surface area (Å²) in [4.78, 5) is 10.1. The summed E-state index contributed by atoms with van der Waals surface area (Å²) in [5.41, 5.74) is 6.42. The van der Waals surface area contributed by atoms with Crippen molar-refractivity contribution < 1.29 is 4.79 Å². The highest BCUT2D eigenvalue weighted by Gasteiger charge is 1.90. The molecule has 12 heavy (non-hydrogen) atoms. The smallest absolute Gasteiger partial charge is 0.140 e. The van der Waals surface area contributed by atoms with Crippen molar-refractivity contribution in [3.05, 3.63) is 42.0 Å². The summed E-state index contributed by atoms with van der Waals surface area (Å²) in [6, 6.07) is 9.22. The van der Waals surface area contributed by atoms with Gasteiger partial charge >= 0.3 is 0 Å². The number of hydrogen-bond acceptors (Lipinski definition) is 2. The zero-order valence-electron chi connectivity index (χ0n) is 6.68. The average Bonchev–Trinajstić information content (AvgIpc) is 2.16. The molecular weight excluding hydrogens is 150 g/mol. The van der Waals surface area contributed by atoms with Gasteiger partial charge in [0.05, 0.1) is 6.04 Å². The molecule has 1 rings (SSSR count). The van der Waals surface area contributed by atoms with Gasteiger partial charge in [-0.15, -0.1) is 0 Å². The van der Waals surface area contributed by atoms with Gasteiger partial charge in [0.25, 0.3) is 0 Å². The van der Waals surface area contributed by atoms with Crippen molar-refractivity contribution in [1.82, 2.24) is 0 Å². The highest BCUT2D eigenvalue weighted by atomic mass is 16.1. The van der Waals surface area contributed by atoms with Crippen LogP contribution >= 0.6 is 0 Å². The van der Waals surface area contributed by atoms with E-state index in [1.807, 2.05) is 36.4 Å². The van der Waals surface area contributed by atoms with Crippen LogP contribution in [0.1, 0.15) is 5.56 Å². The molecule has 0 radical (unpaired) electrons. The van der Waals surface area contributed by atoms with E-state index in [1.54, 1.807) is 6.08 Å². The third-order valence-electron chi connectivity index (χ3n) is 1.47. The van der Waals surface area contributed by atoms with Crippen molar-refractivity contribution in [2.75, 3.05) is 0 Å². The monoisotopic (exact) mass is 161 g/mol. The first-order valence-electron chi connectivity index (χ1n) is 3.77. The van der Waals surface area contributed by atoms with Crippen LogP contribution in [0, 0.1) is 0 Å². The maximum Gasteiger partial charge on any atom is 0.140 e. The summed E-state index contributed by atoms with van der Waals surface area (Å²) < 4.78 is 0. The lowest BCUT2D eigenvalue weighted by atomic mass is 10.2. The second kappa shape index (κ2) is 4.46. The number of rotatable bonds is 3. The Labute approximate surface area is 71.7 Å². The fourth-order valence-electron chi connectivity index (χ4n) is 0.832. The molecular formula is C10H11NO. The van der Waals surface area contributed by atoms with Gasteiger partial charge < -0.3 is 10.5 Å². The summed E-state index contributed by atoms with van der Waals surface area (Å²) in [5, 5.41) is 0. The Hall–Kier alpha value is -1.41. The molecule has 0 aliphatic carbocycles. The second-order valence-electron chi connectivity index (χ2n) is 2.48. The van der Waals surface area contributed by atoms with Crippen LogP contribution < -0.4 is 5.73 Å². The van der Waals surface area contributed by atoms with E-state index < -0.39 is 6.04 Å². The predicted octanol–water partition coefficient (Wildman–Crippen LogP) is 1.23. The molecule has 0 heterocycles. The van der Waals surface area contributed by atoms with Crippen molar-refractivity contribution in [3.8, 4) is 0 Å². The van der Waals surface area contributed by atoms with Crippen LogP contribution in [0.2, 0.25) is 0 Å². The van der Waals surface area contributed by atoms with Gasteiger partial charge in [0.1, 0.15) is 6.29 Å². The molecule has 2 heteroatoms. The molecule has 1 aromatic carbocycles. The minimum Gasteiger partial charge on any atom is -0.319 e. The molecule has 0 bridgehead atoms. The molecule has 0 aliphatic heterocycles. The summed E-state index contributed by atoms with van der Waals surface area (Å²) in [6.45, 7) is 0. The van der Waals surface area contributed by atoms with Crippen molar-refractivity contribution >= 4 is 12.4 Å². The number of hydrogen-bond donors (Lipinski definition) is 1. The van der Waals surface area contributed by atoms with Crippen molar-refractivity contribution in [3.63, 3.8) is 0 Å². The highest BCUT2D eigenvalue weighted by Crippen LogP contribution is 2.00. The Morgan fingerprint density at radius 3 is 2.50 bits per heavy atom. The van der Waals surface area contributed by atoms with E-state index >= 15 is 0 Å². The Morgan fingerprint density at radius 1 is 1.25 bits per heavy atom. The molecule has 62 valence electrons. The lowest BCUT2D eigenvalue weighted by Crippen LogP contribution is -2.17. The molecule has 0 aliphatic rings. The Bertz CT molecular complexity index is 266. The molecule has 0 saturated heterocycles. The third-order valence-corrected chi connectivity index (χ3v) is 1.47. The first-order valence-corrected chi connectivity index (χ1v) is 3.77. The van der Waals surface area contributed by atoms with Crippen LogP contribution in [-0.4, -0.2) is 12.3 Å². The highest BCUT2D eigenvalue weighted by molar-refractivity contribution is 5.64. The maximum atomic E-state index is 10.1. The van der Waals surface area contributed by atoms with E-state index in [2.05, 4.69) is 0 Å². The number of benzene rings is 1. The van der Waals surface area contributed by atoms with Crippen LogP contribution in [0.5, 0.6) is 0 Å². The SMILES string of the molecule is NC(C=O)/C=C/c1ccccc1. The molecule has 2 nitrogen and oxygen atoms in total. The summed E-state index contributed by atoms with van der Waals surface area (Å²) in [7, 11) is 0. The van der Waals surface area contributed by atoms with Gasteiger partial charge in [-0.2, -0.15) is 0 Å². The van der Waals surface area contributed by atoms with Gasteiger partial charge in [-0.25, -0.2) is 0 Å². The lowest BCUT2D eigenvalue weighted by molar-refractivity contribution is -0.108.